The molecule has 0 aromatic heterocycles. The molecule has 3 aromatic rings. The molecule has 0 saturated heterocycles. The van der Waals surface area contributed by atoms with Gasteiger partial charge in [0.15, 0.2) is 0 Å². The molecule has 0 heterocycles. The molecule has 9 heteroatoms. The number of hydrogen-bond donors (Lipinski definition) is 2. The summed E-state index contributed by atoms with van der Waals surface area (Å²) >= 11 is 0. The van der Waals surface area contributed by atoms with Crippen molar-refractivity contribution in [3.8, 4) is 5.75 Å². The highest BCUT2D eigenvalue weighted by molar-refractivity contribution is 7.92. The second-order valence-electron chi connectivity index (χ2n) is 7.31. The summed E-state index contributed by atoms with van der Waals surface area (Å²) in [4.78, 5) is 24.1. The van der Waals surface area contributed by atoms with E-state index in [9.17, 15) is 18.0 Å². The summed E-state index contributed by atoms with van der Waals surface area (Å²) in [6.07, 6.45) is 0. The Morgan fingerprint density at radius 2 is 1.52 bits per heavy atom. The molecule has 0 saturated carbocycles. The molecule has 0 radical (unpaired) electrons. The van der Waals surface area contributed by atoms with Gasteiger partial charge in [-0.05, 0) is 61.0 Å². The van der Waals surface area contributed by atoms with Crippen LogP contribution in [0, 0.1) is 6.92 Å². The molecule has 0 aliphatic rings. The van der Waals surface area contributed by atoms with E-state index in [4.69, 9.17) is 4.74 Å². The number of methoxy groups -OCH3 is 1. The zero-order chi connectivity index (χ0) is 24.0. The van der Waals surface area contributed by atoms with E-state index in [-0.39, 0.29) is 16.5 Å². The minimum atomic E-state index is -4.07. The molecule has 172 valence electrons. The first-order valence-corrected chi connectivity index (χ1v) is 11.5. The minimum Gasteiger partial charge on any atom is -0.495 e. The van der Waals surface area contributed by atoms with Gasteiger partial charge in [0, 0.05) is 18.3 Å². The third-order valence-electron chi connectivity index (χ3n) is 4.71. The Morgan fingerprint density at radius 1 is 0.909 bits per heavy atom. The van der Waals surface area contributed by atoms with Crippen molar-refractivity contribution in [2.45, 2.75) is 18.7 Å². The molecule has 3 rings (SSSR count). The van der Waals surface area contributed by atoms with Crippen LogP contribution < -0.4 is 19.7 Å². The lowest BCUT2D eigenvalue weighted by molar-refractivity contribution is -0.115. The van der Waals surface area contributed by atoms with Crippen LogP contribution in [-0.4, -0.2) is 33.9 Å². The van der Waals surface area contributed by atoms with Crippen LogP contribution in [0.2, 0.25) is 0 Å². The molecule has 0 fully saturated rings. The smallest absolute Gasteiger partial charge is 0.264 e. The molecule has 2 amide bonds. The van der Waals surface area contributed by atoms with E-state index in [1.165, 1.54) is 26.2 Å². The summed E-state index contributed by atoms with van der Waals surface area (Å²) < 4.78 is 33.4. The fourth-order valence-corrected chi connectivity index (χ4v) is 4.63. The van der Waals surface area contributed by atoms with Crippen molar-refractivity contribution in [2.75, 3.05) is 28.6 Å². The molecule has 0 spiro atoms. The fourth-order valence-electron chi connectivity index (χ4n) is 3.19. The second kappa shape index (κ2) is 10.2. The normalized spacial score (nSPS) is 10.9. The van der Waals surface area contributed by atoms with E-state index >= 15 is 0 Å². The van der Waals surface area contributed by atoms with Gasteiger partial charge < -0.3 is 15.4 Å². The van der Waals surface area contributed by atoms with Gasteiger partial charge in [0.1, 0.15) is 12.3 Å². The van der Waals surface area contributed by atoms with Crippen molar-refractivity contribution >= 4 is 38.9 Å². The number of sulfonamides is 1. The molecule has 3 aromatic carbocycles. The zero-order valence-corrected chi connectivity index (χ0v) is 19.3. The highest BCUT2D eigenvalue weighted by atomic mass is 32.2. The molecule has 33 heavy (non-hydrogen) atoms. The molecule has 0 atom stereocenters. The van der Waals surface area contributed by atoms with E-state index in [1.807, 2.05) is 6.92 Å². The van der Waals surface area contributed by atoms with Crippen LogP contribution in [-0.2, 0) is 19.6 Å². The van der Waals surface area contributed by atoms with Gasteiger partial charge in [-0.2, -0.15) is 0 Å². The molecule has 2 N–H and O–H groups in total. The maximum Gasteiger partial charge on any atom is 0.264 e. The van der Waals surface area contributed by atoms with Crippen LogP contribution in [0.3, 0.4) is 0 Å². The van der Waals surface area contributed by atoms with Crippen LogP contribution in [0.4, 0.5) is 17.1 Å². The van der Waals surface area contributed by atoms with Crippen LogP contribution in [0.1, 0.15) is 12.5 Å². The predicted octanol–water partition coefficient (Wildman–Crippen LogP) is 3.80. The lowest BCUT2D eigenvalue weighted by atomic mass is 10.2. The summed E-state index contributed by atoms with van der Waals surface area (Å²) in [5.41, 5.74) is 2.12. The number of nitrogens with one attached hydrogen (secondary N) is 2. The first-order valence-electron chi connectivity index (χ1n) is 10.1. The lowest BCUT2D eigenvalue weighted by Gasteiger charge is -2.26. The third kappa shape index (κ3) is 5.89. The van der Waals surface area contributed by atoms with Gasteiger partial charge >= 0.3 is 0 Å². The number of ether oxygens (including phenoxy) is 1. The van der Waals surface area contributed by atoms with Gasteiger partial charge in [-0.1, -0.05) is 24.3 Å². The first kappa shape index (κ1) is 23.8. The fraction of sp³-hybridized carbons (Fsp3) is 0.167. The molecule has 0 unspecified atom stereocenters. The van der Waals surface area contributed by atoms with Gasteiger partial charge in [0.2, 0.25) is 11.8 Å². The van der Waals surface area contributed by atoms with E-state index in [2.05, 4.69) is 10.6 Å². The summed E-state index contributed by atoms with van der Waals surface area (Å²) in [5, 5.41) is 5.34. The Kier molecular flexibility index (Phi) is 7.34. The molecule has 0 bridgehead atoms. The summed E-state index contributed by atoms with van der Waals surface area (Å²) in [6, 6.07) is 19.5. The monoisotopic (exact) mass is 467 g/mol. The Bertz CT molecular complexity index is 1240. The minimum absolute atomic E-state index is 0.0565. The topological polar surface area (TPSA) is 105 Å². The Balaban J connectivity index is 1.93. The Labute approximate surface area is 193 Å². The lowest BCUT2D eigenvalue weighted by Crippen LogP contribution is -2.38. The molecular weight excluding hydrogens is 442 g/mol. The molecule has 8 nitrogen and oxygen atoms in total. The quantitative estimate of drug-likeness (QED) is 0.524. The van der Waals surface area contributed by atoms with Crippen LogP contribution >= 0.6 is 0 Å². The van der Waals surface area contributed by atoms with Crippen molar-refractivity contribution < 1.29 is 22.7 Å². The number of anilines is 3. The largest absolute Gasteiger partial charge is 0.495 e. The summed E-state index contributed by atoms with van der Waals surface area (Å²) in [6.45, 7) is 2.76. The number of carbonyl (C=O) groups excluding carboxylic acids is 2. The van der Waals surface area contributed by atoms with Gasteiger partial charge in [-0.25, -0.2) is 8.42 Å². The van der Waals surface area contributed by atoms with Gasteiger partial charge in [0.05, 0.1) is 17.7 Å². The Hall–Kier alpha value is -3.85. The van der Waals surface area contributed by atoms with Crippen molar-refractivity contribution in [3.63, 3.8) is 0 Å². The maximum absolute atomic E-state index is 13.5. The van der Waals surface area contributed by atoms with Crippen molar-refractivity contribution in [2.24, 2.45) is 0 Å². The number of aryl methyl sites for hydroxylation is 1. The number of benzene rings is 3. The summed E-state index contributed by atoms with van der Waals surface area (Å²) in [5.74, 6) is -0.418. The average Bonchev–Trinajstić information content (AvgIpc) is 2.79. The zero-order valence-electron chi connectivity index (χ0n) is 18.5. The second-order valence-corrected chi connectivity index (χ2v) is 9.17. The van der Waals surface area contributed by atoms with Crippen LogP contribution in [0.25, 0.3) is 0 Å². The third-order valence-corrected chi connectivity index (χ3v) is 6.48. The van der Waals surface area contributed by atoms with E-state index in [1.54, 1.807) is 60.7 Å². The molecule has 0 aliphatic carbocycles. The molecular formula is C24H25N3O5S. The standard InChI is InChI=1S/C24H25N3O5S/c1-17-9-14-23(32-3)22(15-17)27(33(30,31)21-7-5-4-6-8-21)16-24(29)26-20-12-10-19(11-13-20)25-18(2)28/h4-15H,16H2,1-3H3,(H,25,28)(H,26,29). The van der Waals surface area contributed by atoms with Gasteiger partial charge in [0.25, 0.3) is 10.0 Å². The van der Waals surface area contributed by atoms with E-state index in [0.717, 1.165) is 9.87 Å². The number of carbonyl (C=O) groups is 2. The number of rotatable bonds is 8. The van der Waals surface area contributed by atoms with Crippen LogP contribution in [0.15, 0.2) is 77.7 Å². The SMILES string of the molecule is COc1ccc(C)cc1N(CC(=O)Nc1ccc(NC(C)=O)cc1)S(=O)(=O)c1ccccc1. The van der Waals surface area contributed by atoms with Crippen LogP contribution in [0.5, 0.6) is 5.75 Å². The highest BCUT2D eigenvalue weighted by Crippen LogP contribution is 2.33. The maximum atomic E-state index is 13.5. The van der Waals surface area contributed by atoms with E-state index < -0.39 is 22.5 Å². The number of hydrogen-bond acceptors (Lipinski definition) is 5. The van der Waals surface area contributed by atoms with Crippen molar-refractivity contribution in [1.29, 1.82) is 0 Å². The van der Waals surface area contributed by atoms with Crippen molar-refractivity contribution in [3.05, 3.63) is 78.4 Å². The predicted molar refractivity (Wildman–Crippen MR) is 128 cm³/mol. The Morgan fingerprint density at radius 3 is 2.09 bits per heavy atom. The first-order chi connectivity index (χ1) is 15.7. The van der Waals surface area contributed by atoms with E-state index in [0.29, 0.717) is 17.1 Å². The van der Waals surface area contributed by atoms with Gasteiger partial charge in [-0.15, -0.1) is 0 Å². The highest BCUT2D eigenvalue weighted by Gasteiger charge is 2.29. The number of amides is 2. The molecule has 0 aliphatic heterocycles. The summed E-state index contributed by atoms with van der Waals surface area (Å²) in [7, 11) is -2.62. The van der Waals surface area contributed by atoms with Crippen molar-refractivity contribution in [1.82, 2.24) is 0 Å². The van der Waals surface area contributed by atoms with Gasteiger partial charge in [-0.3, -0.25) is 13.9 Å². The average molecular weight is 468 g/mol. The number of nitrogens with zero attached hydrogens (tertiary/aromatic N) is 1.